The van der Waals surface area contributed by atoms with E-state index >= 15 is 0 Å². The molecular formula is C12H27N3O. The number of nitrogens with zero attached hydrogens (tertiary/aromatic N) is 1. The van der Waals surface area contributed by atoms with Crippen LogP contribution < -0.4 is 10.6 Å². The molecule has 0 radical (unpaired) electrons. The fourth-order valence-electron chi connectivity index (χ4n) is 1.58. The van der Waals surface area contributed by atoms with Gasteiger partial charge < -0.3 is 15.5 Å². The van der Waals surface area contributed by atoms with Crippen molar-refractivity contribution in [1.82, 2.24) is 15.5 Å². The van der Waals surface area contributed by atoms with Gasteiger partial charge >= 0.3 is 0 Å². The van der Waals surface area contributed by atoms with E-state index in [1.807, 2.05) is 21.0 Å². The van der Waals surface area contributed by atoms with Gasteiger partial charge in [-0.15, -0.1) is 0 Å². The molecule has 4 nitrogen and oxygen atoms in total. The van der Waals surface area contributed by atoms with Crippen molar-refractivity contribution in [3.63, 3.8) is 0 Å². The number of carbonyl (C=O) groups excluding carboxylic acids is 1. The Kier molecular flexibility index (Phi) is 8.21. The molecule has 0 heterocycles. The Morgan fingerprint density at radius 1 is 1.25 bits per heavy atom. The van der Waals surface area contributed by atoms with Gasteiger partial charge in [-0.1, -0.05) is 13.8 Å². The van der Waals surface area contributed by atoms with Crippen molar-refractivity contribution in [2.45, 2.75) is 45.7 Å². The summed E-state index contributed by atoms with van der Waals surface area (Å²) in [6.07, 6.45) is 1.51. The zero-order valence-electron chi connectivity index (χ0n) is 11.3. The van der Waals surface area contributed by atoms with E-state index in [-0.39, 0.29) is 11.9 Å². The van der Waals surface area contributed by atoms with Crippen LogP contribution in [-0.2, 0) is 4.79 Å². The first-order valence-corrected chi connectivity index (χ1v) is 6.09. The zero-order valence-corrected chi connectivity index (χ0v) is 11.3. The van der Waals surface area contributed by atoms with Gasteiger partial charge in [0.1, 0.15) is 0 Å². The molecule has 1 amide bonds. The Bertz CT molecular complexity index is 193. The molecule has 0 aliphatic carbocycles. The van der Waals surface area contributed by atoms with Crippen LogP contribution >= 0.6 is 0 Å². The van der Waals surface area contributed by atoms with Crippen LogP contribution in [0.3, 0.4) is 0 Å². The lowest BCUT2D eigenvalue weighted by molar-refractivity contribution is -0.121. The summed E-state index contributed by atoms with van der Waals surface area (Å²) < 4.78 is 0. The highest BCUT2D eigenvalue weighted by Crippen LogP contribution is 1.91. The Morgan fingerprint density at radius 2 is 1.88 bits per heavy atom. The number of carbonyl (C=O) groups is 1. The maximum absolute atomic E-state index is 11.5. The SMILES string of the molecule is CC(C)NCCCC(=O)NC(C)CN(C)C. The first-order valence-electron chi connectivity index (χ1n) is 6.09. The molecule has 4 heteroatoms. The second-order valence-electron chi connectivity index (χ2n) is 4.94. The van der Waals surface area contributed by atoms with Gasteiger partial charge in [-0.2, -0.15) is 0 Å². The van der Waals surface area contributed by atoms with Crippen molar-refractivity contribution in [3.05, 3.63) is 0 Å². The summed E-state index contributed by atoms with van der Waals surface area (Å²) in [4.78, 5) is 13.6. The van der Waals surface area contributed by atoms with Gasteiger partial charge in [-0.25, -0.2) is 0 Å². The third-order valence-corrected chi connectivity index (χ3v) is 2.18. The van der Waals surface area contributed by atoms with Gasteiger partial charge in [0.15, 0.2) is 0 Å². The van der Waals surface area contributed by atoms with Gasteiger partial charge in [-0.3, -0.25) is 4.79 Å². The second kappa shape index (κ2) is 8.53. The van der Waals surface area contributed by atoms with Crippen LogP contribution in [0.2, 0.25) is 0 Å². The van der Waals surface area contributed by atoms with Gasteiger partial charge in [0, 0.05) is 25.0 Å². The highest BCUT2D eigenvalue weighted by molar-refractivity contribution is 5.76. The fourth-order valence-corrected chi connectivity index (χ4v) is 1.58. The second-order valence-corrected chi connectivity index (χ2v) is 4.94. The number of likely N-dealkylation sites (N-methyl/N-ethyl adjacent to an activating group) is 1. The minimum atomic E-state index is 0.153. The molecule has 1 unspecified atom stereocenters. The molecule has 0 aromatic carbocycles. The van der Waals surface area contributed by atoms with E-state index in [9.17, 15) is 4.79 Å². The van der Waals surface area contributed by atoms with E-state index in [1.165, 1.54) is 0 Å². The summed E-state index contributed by atoms with van der Waals surface area (Å²) in [5.74, 6) is 0.153. The number of rotatable bonds is 8. The van der Waals surface area contributed by atoms with Crippen LogP contribution in [0.1, 0.15) is 33.6 Å². The first kappa shape index (κ1) is 15.4. The van der Waals surface area contributed by atoms with Gasteiger partial charge in [0.05, 0.1) is 0 Å². The van der Waals surface area contributed by atoms with E-state index in [0.29, 0.717) is 12.5 Å². The molecule has 0 bridgehead atoms. The predicted octanol–water partition coefficient (Wildman–Crippen LogP) is 0.831. The highest BCUT2D eigenvalue weighted by atomic mass is 16.1. The Hall–Kier alpha value is -0.610. The summed E-state index contributed by atoms with van der Waals surface area (Å²) in [6, 6.07) is 0.719. The molecule has 0 aliphatic heterocycles. The molecule has 1 atom stereocenters. The van der Waals surface area contributed by atoms with Crippen molar-refractivity contribution < 1.29 is 4.79 Å². The molecule has 0 aromatic rings. The lowest BCUT2D eigenvalue weighted by Gasteiger charge is -2.18. The molecule has 2 N–H and O–H groups in total. The topological polar surface area (TPSA) is 44.4 Å². The van der Waals surface area contributed by atoms with Gasteiger partial charge in [0.25, 0.3) is 0 Å². The van der Waals surface area contributed by atoms with E-state index in [4.69, 9.17) is 0 Å². The smallest absolute Gasteiger partial charge is 0.220 e. The largest absolute Gasteiger partial charge is 0.352 e. The maximum Gasteiger partial charge on any atom is 0.220 e. The lowest BCUT2D eigenvalue weighted by atomic mass is 10.2. The summed E-state index contributed by atoms with van der Waals surface area (Å²) >= 11 is 0. The molecule has 0 spiro atoms. The molecule has 0 aromatic heterocycles. The molecule has 0 rings (SSSR count). The van der Waals surface area contributed by atoms with Crippen LogP contribution in [0.25, 0.3) is 0 Å². The van der Waals surface area contributed by atoms with E-state index in [2.05, 4.69) is 29.4 Å². The molecule has 0 saturated heterocycles. The van der Waals surface area contributed by atoms with Crippen molar-refractivity contribution in [3.8, 4) is 0 Å². The van der Waals surface area contributed by atoms with E-state index in [0.717, 1.165) is 19.5 Å². The van der Waals surface area contributed by atoms with Crippen LogP contribution in [0.15, 0.2) is 0 Å². The van der Waals surface area contributed by atoms with Gasteiger partial charge in [0.2, 0.25) is 5.91 Å². The first-order chi connectivity index (χ1) is 7.41. The third-order valence-electron chi connectivity index (χ3n) is 2.18. The Balaban J connectivity index is 3.51. The fraction of sp³-hybridized carbons (Fsp3) is 0.917. The monoisotopic (exact) mass is 229 g/mol. The molecule has 0 saturated carbocycles. The standard InChI is InChI=1S/C12H27N3O/c1-10(2)13-8-6-7-12(16)14-11(3)9-15(4)5/h10-11,13H,6-9H2,1-5H3,(H,14,16). The van der Waals surface area contributed by atoms with E-state index in [1.54, 1.807) is 0 Å². The maximum atomic E-state index is 11.5. The van der Waals surface area contributed by atoms with Crippen LogP contribution in [0.4, 0.5) is 0 Å². The number of hydrogen-bond acceptors (Lipinski definition) is 3. The lowest BCUT2D eigenvalue weighted by Crippen LogP contribution is -2.39. The molecule has 0 aliphatic rings. The molecule has 96 valence electrons. The van der Waals surface area contributed by atoms with Crippen LogP contribution in [-0.4, -0.2) is 50.1 Å². The third kappa shape index (κ3) is 9.93. The van der Waals surface area contributed by atoms with Gasteiger partial charge in [-0.05, 0) is 34.0 Å². The summed E-state index contributed by atoms with van der Waals surface area (Å²) in [5.41, 5.74) is 0. The molecule has 16 heavy (non-hydrogen) atoms. The number of nitrogens with one attached hydrogen (secondary N) is 2. The van der Waals surface area contributed by atoms with Crippen molar-refractivity contribution in [2.24, 2.45) is 0 Å². The molecule has 0 fully saturated rings. The average molecular weight is 229 g/mol. The number of hydrogen-bond donors (Lipinski definition) is 2. The normalized spacial score (nSPS) is 13.2. The van der Waals surface area contributed by atoms with Crippen molar-refractivity contribution in [2.75, 3.05) is 27.2 Å². The van der Waals surface area contributed by atoms with Crippen LogP contribution in [0.5, 0.6) is 0 Å². The van der Waals surface area contributed by atoms with E-state index < -0.39 is 0 Å². The van der Waals surface area contributed by atoms with Crippen molar-refractivity contribution in [1.29, 1.82) is 0 Å². The predicted molar refractivity (Wildman–Crippen MR) is 68.5 cm³/mol. The summed E-state index contributed by atoms with van der Waals surface area (Å²) in [7, 11) is 4.02. The quantitative estimate of drug-likeness (QED) is 0.606. The highest BCUT2D eigenvalue weighted by Gasteiger charge is 2.07. The summed E-state index contributed by atoms with van der Waals surface area (Å²) in [6.45, 7) is 8.05. The zero-order chi connectivity index (χ0) is 12.6. The summed E-state index contributed by atoms with van der Waals surface area (Å²) in [5, 5.41) is 6.29. The molecular weight excluding hydrogens is 202 g/mol. The minimum absolute atomic E-state index is 0.153. The number of amides is 1. The Labute approximate surface area is 99.8 Å². The minimum Gasteiger partial charge on any atom is -0.352 e. The van der Waals surface area contributed by atoms with Crippen LogP contribution in [0, 0.1) is 0 Å². The van der Waals surface area contributed by atoms with Crippen molar-refractivity contribution >= 4 is 5.91 Å². The Morgan fingerprint density at radius 3 is 2.38 bits per heavy atom. The average Bonchev–Trinajstić information content (AvgIpc) is 2.10.